The number of carbonyl (C=O) groups excluding carboxylic acids is 1. The Morgan fingerprint density at radius 2 is 1.85 bits per heavy atom. The molecule has 27 heavy (non-hydrogen) atoms. The molecule has 1 fully saturated rings. The van der Waals surface area contributed by atoms with Crippen LogP contribution in [0.2, 0.25) is 0 Å². The molecule has 7 heteroatoms. The highest BCUT2D eigenvalue weighted by Gasteiger charge is 2.18. The summed E-state index contributed by atoms with van der Waals surface area (Å²) in [6, 6.07) is 11.3. The second-order valence-electron chi connectivity index (χ2n) is 6.38. The Hall–Kier alpha value is -2.80. The summed E-state index contributed by atoms with van der Waals surface area (Å²) >= 11 is 0. The van der Waals surface area contributed by atoms with Crippen LogP contribution >= 0.6 is 0 Å². The summed E-state index contributed by atoms with van der Waals surface area (Å²) in [5.74, 6) is 2.25. The fourth-order valence-corrected chi connectivity index (χ4v) is 3.14. The Labute approximate surface area is 159 Å². The molecule has 1 aromatic heterocycles. The van der Waals surface area contributed by atoms with Gasteiger partial charge in [-0.1, -0.05) is 6.07 Å². The molecular weight excluding hydrogens is 344 g/mol. The third-order valence-corrected chi connectivity index (χ3v) is 4.67. The standard InChI is InChI=1S/C20H26N4O3/c1-26-17-7-6-16(15-18(17)27-2)22-20(25)8-10-23-11-13-24(14-12-23)19-5-3-4-9-21-19/h3-7,9,15H,8,10-14H2,1-2H3,(H,22,25). The fourth-order valence-electron chi connectivity index (χ4n) is 3.14. The van der Waals surface area contributed by atoms with Crippen LogP contribution in [0.4, 0.5) is 11.5 Å². The van der Waals surface area contributed by atoms with Crippen molar-refractivity contribution < 1.29 is 14.3 Å². The molecule has 1 amide bonds. The topological polar surface area (TPSA) is 66.9 Å². The maximum atomic E-state index is 12.3. The number of hydrogen-bond acceptors (Lipinski definition) is 6. The van der Waals surface area contributed by atoms with Gasteiger partial charge in [-0.25, -0.2) is 4.98 Å². The van der Waals surface area contributed by atoms with Crippen LogP contribution in [0.3, 0.4) is 0 Å². The van der Waals surface area contributed by atoms with Crippen LogP contribution in [0.1, 0.15) is 6.42 Å². The number of nitrogens with one attached hydrogen (secondary N) is 1. The van der Waals surface area contributed by atoms with Gasteiger partial charge in [-0.3, -0.25) is 9.69 Å². The van der Waals surface area contributed by atoms with E-state index in [9.17, 15) is 4.79 Å². The average molecular weight is 370 g/mol. The Morgan fingerprint density at radius 1 is 1.07 bits per heavy atom. The normalized spacial score (nSPS) is 14.7. The summed E-state index contributed by atoms with van der Waals surface area (Å²) in [5, 5.41) is 2.92. The zero-order valence-corrected chi connectivity index (χ0v) is 15.9. The first kappa shape index (κ1) is 19.0. The predicted octanol–water partition coefficient (Wildman–Crippen LogP) is 2.25. The third kappa shape index (κ3) is 5.10. The van der Waals surface area contributed by atoms with Crippen LogP contribution < -0.4 is 19.7 Å². The van der Waals surface area contributed by atoms with Crippen molar-refractivity contribution in [2.45, 2.75) is 6.42 Å². The van der Waals surface area contributed by atoms with E-state index in [-0.39, 0.29) is 5.91 Å². The van der Waals surface area contributed by atoms with Crippen molar-refractivity contribution in [2.75, 3.05) is 57.2 Å². The quantitative estimate of drug-likeness (QED) is 0.806. The van der Waals surface area contributed by atoms with Crippen molar-refractivity contribution in [1.82, 2.24) is 9.88 Å². The van der Waals surface area contributed by atoms with Gasteiger partial charge in [0.1, 0.15) is 5.82 Å². The van der Waals surface area contributed by atoms with Crippen LogP contribution in [0.25, 0.3) is 0 Å². The van der Waals surface area contributed by atoms with Crippen LogP contribution in [0.15, 0.2) is 42.6 Å². The molecule has 0 unspecified atom stereocenters. The second kappa shape index (κ2) is 9.23. The zero-order chi connectivity index (χ0) is 19.1. The van der Waals surface area contributed by atoms with Gasteiger partial charge in [0.25, 0.3) is 0 Å². The number of amides is 1. The van der Waals surface area contributed by atoms with Crippen molar-refractivity contribution >= 4 is 17.4 Å². The van der Waals surface area contributed by atoms with Gasteiger partial charge in [0.05, 0.1) is 14.2 Å². The second-order valence-corrected chi connectivity index (χ2v) is 6.38. The summed E-state index contributed by atoms with van der Waals surface area (Å²) in [6.07, 6.45) is 2.28. The molecule has 1 N–H and O–H groups in total. The summed E-state index contributed by atoms with van der Waals surface area (Å²) in [5.41, 5.74) is 0.706. The molecule has 1 aliphatic rings. The predicted molar refractivity (Wildman–Crippen MR) is 106 cm³/mol. The number of anilines is 2. The molecule has 7 nitrogen and oxygen atoms in total. The molecule has 1 saturated heterocycles. The monoisotopic (exact) mass is 370 g/mol. The van der Waals surface area contributed by atoms with Gasteiger partial charge >= 0.3 is 0 Å². The van der Waals surface area contributed by atoms with Crippen LogP contribution in [-0.4, -0.2) is 62.7 Å². The van der Waals surface area contributed by atoms with E-state index < -0.39 is 0 Å². The molecule has 0 atom stereocenters. The summed E-state index contributed by atoms with van der Waals surface area (Å²) in [4.78, 5) is 21.3. The highest BCUT2D eigenvalue weighted by atomic mass is 16.5. The molecule has 1 aliphatic heterocycles. The molecule has 0 saturated carbocycles. The van der Waals surface area contributed by atoms with E-state index in [0.717, 1.165) is 38.5 Å². The number of carbonyl (C=O) groups is 1. The van der Waals surface area contributed by atoms with Crippen molar-refractivity contribution in [3.8, 4) is 11.5 Å². The van der Waals surface area contributed by atoms with Crippen molar-refractivity contribution in [3.05, 3.63) is 42.6 Å². The van der Waals surface area contributed by atoms with E-state index in [1.807, 2.05) is 30.5 Å². The number of ether oxygens (including phenoxy) is 2. The van der Waals surface area contributed by atoms with Crippen LogP contribution in [0, 0.1) is 0 Å². The SMILES string of the molecule is COc1ccc(NC(=O)CCN2CCN(c3ccccn3)CC2)cc1OC. The van der Waals surface area contributed by atoms with E-state index in [0.29, 0.717) is 23.6 Å². The third-order valence-electron chi connectivity index (χ3n) is 4.67. The Morgan fingerprint density at radius 3 is 2.52 bits per heavy atom. The number of benzene rings is 1. The lowest BCUT2D eigenvalue weighted by Crippen LogP contribution is -2.47. The van der Waals surface area contributed by atoms with Gasteiger partial charge in [-0.15, -0.1) is 0 Å². The molecule has 0 radical (unpaired) electrons. The molecule has 3 rings (SSSR count). The Kier molecular flexibility index (Phi) is 6.49. The molecule has 2 heterocycles. The van der Waals surface area contributed by atoms with Gasteiger partial charge in [0.15, 0.2) is 11.5 Å². The van der Waals surface area contributed by atoms with E-state index >= 15 is 0 Å². The first-order valence-corrected chi connectivity index (χ1v) is 9.10. The number of aromatic nitrogens is 1. The highest BCUT2D eigenvalue weighted by Crippen LogP contribution is 2.29. The first-order chi connectivity index (χ1) is 13.2. The number of pyridine rings is 1. The van der Waals surface area contributed by atoms with Crippen LogP contribution in [-0.2, 0) is 4.79 Å². The summed E-state index contributed by atoms with van der Waals surface area (Å²) in [7, 11) is 3.16. The van der Waals surface area contributed by atoms with Crippen molar-refractivity contribution in [1.29, 1.82) is 0 Å². The number of nitrogens with zero attached hydrogens (tertiary/aromatic N) is 3. The molecule has 0 aliphatic carbocycles. The summed E-state index contributed by atoms with van der Waals surface area (Å²) < 4.78 is 10.5. The highest BCUT2D eigenvalue weighted by molar-refractivity contribution is 5.91. The average Bonchev–Trinajstić information content (AvgIpc) is 2.73. The Bertz CT molecular complexity index is 746. The lowest BCUT2D eigenvalue weighted by atomic mass is 10.2. The maximum Gasteiger partial charge on any atom is 0.225 e. The molecular formula is C20H26N4O3. The van der Waals surface area contributed by atoms with E-state index in [1.165, 1.54) is 0 Å². The number of hydrogen-bond donors (Lipinski definition) is 1. The largest absolute Gasteiger partial charge is 0.493 e. The molecule has 0 bridgehead atoms. The van der Waals surface area contributed by atoms with Gasteiger partial charge in [0.2, 0.25) is 5.91 Å². The Balaban J connectivity index is 1.44. The number of piperazine rings is 1. The number of rotatable bonds is 7. The van der Waals surface area contributed by atoms with Gasteiger partial charge in [-0.2, -0.15) is 0 Å². The fraction of sp³-hybridized carbons (Fsp3) is 0.400. The molecule has 1 aromatic carbocycles. The maximum absolute atomic E-state index is 12.3. The van der Waals surface area contributed by atoms with Crippen molar-refractivity contribution in [2.24, 2.45) is 0 Å². The molecule has 144 valence electrons. The minimum atomic E-state index is -0.00521. The van der Waals surface area contributed by atoms with Gasteiger partial charge in [-0.05, 0) is 24.3 Å². The van der Waals surface area contributed by atoms with Crippen LogP contribution in [0.5, 0.6) is 11.5 Å². The lowest BCUT2D eigenvalue weighted by molar-refractivity contribution is -0.116. The zero-order valence-electron chi connectivity index (χ0n) is 15.9. The van der Waals surface area contributed by atoms with E-state index in [4.69, 9.17) is 9.47 Å². The minimum Gasteiger partial charge on any atom is -0.493 e. The molecule has 2 aromatic rings. The van der Waals surface area contributed by atoms with Gasteiger partial charge in [0, 0.05) is 57.1 Å². The smallest absolute Gasteiger partial charge is 0.225 e. The number of methoxy groups -OCH3 is 2. The van der Waals surface area contributed by atoms with Crippen molar-refractivity contribution in [3.63, 3.8) is 0 Å². The molecule has 0 spiro atoms. The lowest BCUT2D eigenvalue weighted by Gasteiger charge is -2.35. The first-order valence-electron chi connectivity index (χ1n) is 9.10. The summed E-state index contributed by atoms with van der Waals surface area (Å²) in [6.45, 7) is 4.46. The van der Waals surface area contributed by atoms with Gasteiger partial charge < -0.3 is 19.7 Å². The minimum absolute atomic E-state index is 0.00521. The van der Waals surface area contributed by atoms with E-state index in [1.54, 1.807) is 26.4 Å². The van der Waals surface area contributed by atoms with E-state index in [2.05, 4.69) is 20.1 Å².